The molecule has 1 heterocycles. The fourth-order valence-electron chi connectivity index (χ4n) is 2.02. The van der Waals surface area contributed by atoms with Crippen LogP contribution in [0.2, 0.25) is 10.0 Å². The van der Waals surface area contributed by atoms with Crippen molar-refractivity contribution < 1.29 is 14.7 Å². The average molecular weight is 288 g/mol. The van der Waals surface area contributed by atoms with E-state index in [0.717, 1.165) is 5.56 Å². The third kappa shape index (κ3) is 2.06. The van der Waals surface area contributed by atoms with E-state index in [0.29, 0.717) is 22.3 Å². The van der Waals surface area contributed by atoms with Gasteiger partial charge in [0.2, 0.25) is 5.91 Å². The summed E-state index contributed by atoms with van der Waals surface area (Å²) in [6.07, 6.45) is 0.273. The van der Waals surface area contributed by atoms with Crippen LogP contribution in [0.4, 0.5) is 5.69 Å². The molecule has 1 saturated heterocycles. The van der Waals surface area contributed by atoms with Crippen LogP contribution in [-0.2, 0) is 9.59 Å². The van der Waals surface area contributed by atoms with E-state index in [1.807, 2.05) is 0 Å². The summed E-state index contributed by atoms with van der Waals surface area (Å²) in [7, 11) is 0. The summed E-state index contributed by atoms with van der Waals surface area (Å²) in [5.74, 6) is -2.57. The summed E-state index contributed by atoms with van der Waals surface area (Å²) in [5.41, 5.74) is 1.20. The Hall–Kier alpha value is -1.26. The van der Waals surface area contributed by atoms with E-state index in [-0.39, 0.29) is 6.42 Å². The van der Waals surface area contributed by atoms with E-state index < -0.39 is 17.8 Å². The number of hydrogen-bond donors (Lipinski definition) is 1. The first-order valence-corrected chi connectivity index (χ1v) is 6.18. The molecule has 1 N–H and O–H groups in total. The maximum absolute atomic E-state index is 12.0. The number of anilines is 1. The van der Waals surface area contributed by atoms with Crippen LogP contribution in [0.25, 0.3) is 0 Å². The molecule has 0 aromatic heterocycles. The molecular formula is C12H11Cl2NO3. The molecule has 1 unspecified atom stereocenters. The summed E-state index contributed by atoms with van der Waals surface area (Å²) in [6, 6.07) is 3.41. The number of rotatable bonds is 2. The van der Waals surface area contributed by atoms with Crippen molar-refractivity contribution >= 4 is 40.8 Å². The highest BCUT2D eigenvalue weighted by Crippen LogP contribution is 2.39. The smallest absolute Gasteiger partial charge is 0.316 e. The van der Waals surface area contributed by atoms with Crippen LogP contribution >= 0.6 is 23.2 Å². The fraction of sp³-hybridized carbons (Fsp3) is 0.333. The van der Waals surface area contributed by atoms with E-state index in [1.54, 1.807) is 19.1 Å². The molecule has 1 aromatic carbocycles. The number of carbonyl (C=O) groups is 2. The van der Waals surface area contributed by atoms with Crippen LogP contribution in [-0.4, -0.2) is 23.5 Å². The molecule has 96 valence electrons. The standard InChI is InChI=1S/C12H11Cl2NO3/c1-6-2-3-8(13)10(9(6)14)15-5-4-7(11(15)16)12(17)18/h2-3,7H,4-5H2,1H3,(H,17,18). The van der Waals surface area contributed by atoms with Crippen molar-refractivity contribution in [2.75, 3.05) is 11.4 Å². The van der Waals surface area contributed by atoms with Crippen molar-refractivity contribution in [3.05, 3.63) is 27.7 Å². The molecule has 6 heteroatoms. The molecule has 4 nitrogen and oxygen atoms in total. The number of amides is 1. The largest absolute Gasteiger partial charge is 0.481 e. The van der Waals surface area contributed by atoms with Crippen LogP contribution in [0.3, 0.4) is 0 Å². The fourth-order valence-corrected chi connectivity index (χ4v) is 2.60. The second-order valence-electron chi connectivity index (χ2n) is 4.20. The van der Waals surface area contributed by atoms with Crippen molar-refractivity contribution in [2.45, 2.75) is 13.3 Å². The Balaban J connectivity index is 2.43. The third-order valence-corrected chi connectivity index (χ3v) is 3.82. The Morgan fingerprint density at radius 2 is 2.11 bits per heavy atom. The van der Waals surface area contributed by atoms with E-state index in [4.69, 9.17) is 28.3 Å². The predicted octanol–water partition coefficient (Wildman–Crippen LogP) is 2.74. The molecule has 1 aromatic rings. The lowest BCUT2D eigenvalue weighted by atomic mass is 10.1. The van der Waals surface area contributed by atoms with Gasteiger partial charge in [-0.3, -0.25) is 9.59 Å². The summed E-state index contributed by atoms with van der Waals surface area (Å²) >= 11 is 12.2. The van der Waals surface area contributed by atoms with Gasteiger partial charge < -0.3 is 10.0 Å². The molecule has 0 aliphatic carbocycles. The monoisotopic (exact) mass is 287 g/mol. The molecule has 1 amide bonds. The van der Waals surface area contributed by atoms with Crippen molar-refractivity contribution in [1.82, 2.24) is 0 Å². The molecule has 1 aliphatic heterocycles. The predicted molar refractivity (Wildman–Crippen MR) is 69.3 cm³/mol. The number of nitrogens with zero attached hydrogens (tertiary/aromatic N) is 1. The quantitative estimate of drug-likeness (QED) is 0.851. The molecule has 0 bridgehead atoms. The van der Waals surface area contributed by atoms with Gasteiger partial charge in [0.25, 0.3) is 0 Å². The number of aliphatic carboxylic acids is 1. The SMILES string of the molecule is Cc1ccc(Cl)c(N2CCC(C(=O)O)C2=O)c1Cl. The number of hydrogen-bond acceptors (Lipinski definition) is 2. The molecule has 1 fully saturated rings. The van der Waals surface area contributed by atoms with Gasteiger partial charge in [-0.1, -0.05) is 29.3 Å². The van der Waals surface area contributed by atoms with Crippen molar-refractivity contribution in [2.24, 2.45) is 5.92 Å². The first-order chi connectivity index (χ1) is 8.43. The van der Waals surface area contributed by atoms with Crippen LogP contribution in [0.15, 0.2) is 12.1 Å². The van der Waals surface area contributed by atoms with Crippen molar-refractivity contribution in [3.63, 3.8) is 0 Å². The normalized spacial score (nSPS) is 19.4. The lowest BCUT2D eigenvalue weighted by Crippen LogP contribution is -2.30. The van der Waals surface area contributed by atoms with E-state index in [9.17, 15) is 9.59 Å². The highest BCUT2D eigenvalue weighted by molar-refractivity contribution is 6.40. The van der Waals surface area contributed by atoms with E-state index in [1.165, 1.54) is 4.90 Å². The van der Waals surface area contributed by atoms with Crippen LogP contribution in [0, 0.1) is 12.8 Å². The minimum Gasteiger partial charge on any atom is -0.481 e. The zero-order valence-corrected chi connectivity index (χ0v) is 11.1. The molecule has 1 atom stereocenters. The first kappa shape index (κ1) is 13.2. The lowest BCUT2D eigenvalue weighted by molar-refractivity contribution is -0.144. The number of aryl methyl sites for hydroxylation is 1. The molecule has 1 aliphatic rings. The second kappa shape index (κ2) is 4.78. The zero-order valence-electron chi connectivity index (χ0n) is 9.61. The molecule has 18 heavy (non-hydrogen) atoms. The number of benzene rings is 1. The zero-order chi connectivity index (χ0) is 13.4. The number of carboxylic acids is 1. The third-order valence-electron chi connectivity index (χ3n) is 3.03. The minimum absolute atomic E-state index is 0.273. The van der Waals surface area contributed by atoms with Gasteiger partial charge in [0.15, 0.2) is 0 Å². The van der Waals surface area contributed by atoms with E-state index in [2.05, 4.69) is 0 Å². The summed E-state index contributed by atoms with van der Waals surface area (Å²) in [5, 5.41) is 9.67. The van der Waals surface area contributed by atoms with Gasteiger partial charge in [-0.05, 0) is 25.0 Å². The molecule has 0 radical (unpaired) electrons. The number of carboxylic acid groups (broad SMARTS) is 1. The van der Waals surface area contributed by atoms with Gasteiger partial charge in [-0.2, -0.15) is 0 Å². The van der Waals surface area contributed by atoms with Gasteiger partial charge in [0.1, 0.15) is 5.92 Å². The molecule has 0 saturated carbocycles. The van der Waals surface area contributed by atoms with Crippen molar-refractivity contribution in [3.8, 4) is 0 Å². The molecule has 0 spiro atoms. The van der Waals surface area contributed by atoms with Crippen LogP contribution in [0.1, 0.15) is 12.0 Å². The number of carbonyl (C=O) groups excluding carboxylic acids is 1. The van der Waals surface area contributed by atoms with Gasteiger partial charge in [0.05, 0.1) is 15.7 Å². The lowest BCUT2D eigenvalue weighted by Gasteiger charge is -2.20. The number of halogens is 2. The Labute approximate surface area is 114 Å². The summed E-state index contributed by atoms with van der Waals surface area (Å²) in [6.45, 7) is 2.12. The molecule has 2 rings (SSSR count). The average Bonchev–Trinajstić information content (AvgIpc) is 2.67. The maximum Gasteiger partial charge on any atom is 0.316 e. The van der Waals surface area contributed by atoms with Gasteiger partial charge >= 0.3 is 5.97 Å². The van der Waals surface area contributed by atoms with Crippen molar-refractivity contribution in [1.29, 1.82) is 0 Å². The highest BCUT2D eigenvalue weighted by atomic mass is 35.5. The molecular weight excluding hydrogens is 277 g/mol. The summed E-state index contributed by atoms with van der Waals surface area (Å²) < 4.78 is 0. The van der Waals surface area contributed by atoms with Crippen LogP contribution in [0.5, 0.6) is 0 Å². The van der Waals surface area contributed by atoms with Gasteiger partial charge in [-0.25, -0.2) is 0 Å². The Morgan fingerprint density at radius 3 is 2.67 bits per heavy atom. The highest BCUT2D eigenvalue weighted by Gasteiger charge is 2.39. The Bertz CT molecular complexity index is 530. The van der Waals surface area contributed by atoms with Crippen LogP contribution < -0.4 is 4.90 Å². The maximum atomic E-state index is 12.0. The Kier molecular flexibility index (Phi) is 3.50. The topological polar surface area (TPSA) is 57.6 Å². The van der Waals surface area contributed by atoms with Gasteiger partial charge in [0, 0.05) is 6.54 Å². The van der Waals surface area contributed by atoms with Gasteiger partial charge in [-0.15, -0.1) is 0 Å². The second-order valence-corrected chi connectivity index (χ2v) is 4.98. The summed E-state index contributed by atoms with van der Waals surface area (Å²) in [4.78, 5) is 24.3. The minimum atomic E-state index is -1.11. The van der Waals surface area contributed by atoms with E-state index >= 15 is 0 Å². The first-order valence-electron chi connectivity index (χ1n) is 5.42. The Morgan fingerprint density at radius 1 is 1.44 bits per heavy atom.